The summed E-state index contributed by atoms with van der Waals surface area (Å²) in [6.07, 6.45) is 2.96. The number of aromatic nitrogens is 2. The average molecular weight is 330 g/mol. The van der Waals surface area contributed by atoms with Crippen LogP contribution in [0.4, 0.5) is 4.39 Å². The fraction of sp³-hybridized carbons (Fsp3) is 0.353. The summed E-state index contributed by atoms with van der Waals surface area (Å²) >= 11 is 0. The molecule has 0 radical (unpaired) electrons. The topological polar surface area (TPSA) is 67.2 Å². The molecular weight excluding hydrogens is 311 g/mol. The summed E-state index contributed by atoms with van der Waals surface area (Å²) in [5, 5.41) is 6.85. The van der Waals surface area contributed by atoms with Gasteiger partial charge >= 0.3 is 0 Å². The van der Waals surface area contributed by atoms with Crippen LogP contribution in [0.15, 0.2) is 30.5 Å². The van der Waals surface area contributed by atoms with Gasteiger partial charge in [0.25, 0.3) is 5.91 Å². The molecule has 1 aromatic heterocycles. The van der Waals surface area contributed by atoms with Gasteiger partial charge in [-0.1, -0.05) is 0 Å². The van der Waals surface area contributed by atoms with Gasteiger partial charge in [0, 0.05) is 13.6 Å². The Balaban J connectivity index is 1.89. The second-order valence-electron chi connectivity index (χ2n) is 5.80. The molecule has 1 aliphatic rings. The molecule has 1 aliphatic heterocycles. The van der Waals surface area contributed by atoms with Gasteiger partial charge in [-0.25, -0.2) is 9.07 Å². The van der Waals surface area contributed by atoms with Crippen LogP contribution in [-0.2, 0) is 4.79 Å². The van der Waals surface area contributed by atoms with E-state index in [4.69, 9.17) is 0 Å². The van der Waals surface area contributed by atoms with Crippen molar-refractivity contribution in [1.82, 2.24) is 20.0 Å². The first-order valence-electron chi connectivity index (χ1n) is 7.86. The van der Waals surface area contributed by atoms with Gasteiger partial charge in [0.1, 0.15) is 11.9 Å². The first-order valence-corrected chi connectivity index (χ1v) is 7.86. The van der Waals surface area contributed by atoms with Crippen molar-refractivity contribution in [3.63, 3.8) is 0 Å². The fourth-order valence-corrected chi connectivity index (χ4v) is 3.07. The predicted molar refractivity (Wildman–Crippen MR) is 86.4 cm³/mol. The number of nitrogens with one attached hydrogen (secondary N) is 1. The minimum absolute atomic E-state index is 0.149. The highest BCUT2D eigenvalue weighted by molar-refractivity contribution is 5.98. The third kappa shape index (κ3) is 2.77. The van der Waals surface area contributed by atoms with Crippen LogP contribution in [0.2, 0.25) is 0 Å². The van der Waals surface area contributed by atoms with Crippen LogP contribution < -0.4 is 5.32 Å². The standard InChI is InChI=1S/C17H19FN4O2/c1-11-14(10-20-22(11)13-7-5-12(18)6-8-13)17(24)21-9-3-4-15(21)16(23)19-2/h5-8,10,15H,3-4,9H2,1-2H3,(H,19,23)/t15-/m1/s1. The molecular formula is C17H19FN4O2. The van der Waals surface area contributed by atoms with E-state index >= 15 is 0 Å². The molecule has 3 rings (SSSR count). The molecule has 1 atom stereocenters. The number of likely N-dealkylation sites (N-methyl/N-ethyl adjacent to an activating group) is 1. The van der Waals surface area contributed by atoms with E-state index in [0.717, 1.165) is 6.42 Å². The monoisotopic (exact) mass is 330 g/mol. The minimum atomic E-state index is -0.434. The lowest BCUT2D eigenvalue weighted by Gasteiger charge is -2.23. The zero-order valence-electron chi connectivity index (χ0n) is 13.6. The van der Waals surface area contributed by atoms with Gasteiger partial charge in [-0.3, -0.25) is 9.59 Å². The molecule has 0 bridgehead atoms. The zero-order chi connectivity index (χ0) is 17.3. The molecule has 24 heavy (non-hydrogen) atoms. The summed E-state index contributed by atoms with van der Waals surface area (Å²) in [5.41, 5.74) is 1.79. The van der Waals surface area contributed by atoms with Crippen molar-refractivity contribution >= 4 is 11.8 Å². The molecule has 0 unspecified atom stereocenters. The summed E-state index contributed by atoms with van der Waals surface area (Å²) in [4.78, 5) is 26.4. The number of benzene rings is 1. The second kappa shape index (κ2) is 6.43. The molecule has 7 heteroatoms. The SMILES string of the molecule is CNC(=O)[C@H]1CCCN1C(=O)c1cnn(-c2ccc(F)cc2)c1C. The van der Waals surface area contributed by atoms with Crippen LogP contribution in [0.3, 0.4) is 0 Å². The van der Waals surface area contributed by atoms with Crippen molar-refractivity contribution in [3.05, 3.63) is 47.5 Å². The molecule has 2 aromatic rings. The van der Waals surface area contributed by atoms with Gasteiger partial charge < -0.3 is 10.2 Å². The Labute approximate surface area is 139 Å². The van der Waals surface area contributed by atoms with Gasteiger partial charge in [0.15, 0.2) is 0 Å². The molecule has 0 spiro atoms. The van der Waals surface area contributed by atoms with Gasteiger partial charge in [0.05, 0.1) is 23.1 Å². The Morgan fingerprint density at radius 3 is 2.67 bits per heavy atom. The Hall–Kier alpha value is -2.70. The van der Waals surface area contributed by atoms with Gasteiger partial charge in [-0.05, 0) is 44.0 Å². The summed E-state index contributed by atoms with van der Waals surface area (Å²) in [6, 6.07) is 5.47. The summed E-state index contributed by atoms with van der Waals surface area (Å²) in [5.74, 6) is -0.679. The van der Waals surface area contributed by atoms with Crippen molar-refractivity contribution in [3.8, 4) is 5.69 Å². The highest BCUT2D eigenvalue weighted by atomic mass is 19.1. The summed E-state index contributed by atoms with van der Waals surface area (Å²) in [7, 11) is 1.57. The van der Waals surface area contributed by atoms with E-state index in [-0.39, 0.29) is 17.6 Å². The minimum Gasteiger partial charge on any atom is -0.357 e. The number of hydrogen-bond donors (Lipinski definition) is 1. The van der Waals surface area contributed by atoms with Crippen LogP contribution in [-0.4, -0.2) is 46.1 Å². The molecule has 1 aromatic carbocycles. The Bertz CT molecular complexity index is 769. The first kappa shape index (κ1) is 16.2. The van der Waals surface area contributed by atoms with Crippen molar-refractivity contribution in [2.24, 2.45) is 0 Å². The summed E-state index contributed by atoms with van der Waals surface area (Å²) in [6.45, 7) is 2.34. The molecule has 6 nitrogen and oxygen atoms in total. The number of nitrogens with zero attached hydrogens (tertiary/aromatic N) is 3. The van der Waals surface area contributed by atoms with E-state index < -0.39 is 6.04 Å². The fourth-order valence-electron chi connectivity index (χ4n) is 3.07. The largest absolute Gasteiger partial charge is 0.357 e. The Morgan fingerprint density at radius 1 is 1.29 bits per heavy atom. The highest BCUT2D eigenvalue weighted by Crippen LogP contribution is 2.23. The van der Waals surface area contributed by atoms with Crippen molar-refractivity contribution < 1.29 is 14.0 Å². The number of hydrogen-bond acceptors (Lipinski definition) is 3. The third-order valence-electron chi connectivity index (χ3n) is 4.37. The molecule has 2 heterocycles. The van der Waals surface area contributed by atoms with Crippen LogP contribution in [0, 0.1) is 12.7 Å². The maximum atomic E-state index is 13.1. The molecule has 0 saturated carbocycles. The number of amides is 2. The van der Waals surface area contributed by atoms with Crippen LogP contribution >= 0.6 is 0 Å². The number of carbonyl (C=O) groups is 2. The molecule has 1 fully saturated rings. The normalized spacial score (nSPS) is 17.1. The number of halogens is 1. The molecule has 0 aliphatic carbocycles. The van der Waals surface area contributed by atoms with Gasteiger partial charge in [-0.15, -0.1) is 0 Å². The van der Waals surface area contributed by atoms with E-state index in [2.05, 4.69) is 10.4 Å². The van der Waals surface area contributed by atoms with Crippen molar-refractivity contribution in [2.75, 3.05) is 13.6 Å². The van der Waals surface area contributed by atoms with Crippen molar-refractivity contribution in [1.29, 1.82) is 0 Å². The number of rotatable bonds is 3. The zero-order valence-corrected chi connectivity index (χ0v) is 13.6. The number of likely N-dealkylation sites (tertiary alicyclic amines) is 1. The van der Waals surface area contributed by atoms with E-state index in [1.165, 1.54) is 18.3 Å². The molecule has 1 saturated heterocycles. The quantitative estimate of drug-likeness (QED) is 0.931. The lowest BCUT2D eigenvalue weighted by Crippen LogP contribution is -2.45. The maximum Gasteiger partial charge on any atom is 0.258 e. The highest BCUT2D eigenvalue weighted by Gasteiger charge is 2.35. The Morgan fingerprint density at radius 2 is 2.00 bits per heavy atom. The van der Waals surface area contributed by atoms with Gasteiger partial charge in [0.2, 0.25) is 5.91 Å². The van der Waals surface area contributed by atoms with Crippen LogP contribution in [0.5, 0.6) is 0 Å². The lowest BCUT2D eigenvalue weighted by atomic mass is 10.1. The van der Waals surface area contributed by atoms with E-state index in [9.17, 15) is 14.0 Å². The second-order valence-corrected chi connectivity index (χ2v) is 5.80. The molecule has 2 amide bonds. The lowest BCUT2D eigenvalue weighted by molar-refractivity contribution is -0.124. The van der Waals surface area contributed by atoms with Crippen molar-refractivity contribution in [2.45, 2.75) is 25.8 Å². The van der Waals surface area contributed by atoms with Gasteiger partial charge in [-0.2, -0.15) is 5.10 Å². The van der Waals surface area contributed by atoms with Crippen LogP contribution in [0.1, 0.15) is 28.9 Å². The maximum absolute atomic E-state index is 13.1. The molecule has 126 valence electrons. The average Bonchev–Trinajstić information content (AvgIpc) is 3.21. The predicted octanol–water partition coefficient (Wildman–Crippen LogP) is 1.67. The third-order valence-corrected chi connectivity index (χ3v) is 4.37. The smallest absolute Gasteiger partial charge is 0.258 e. The number of carbonyl (C=O) groups excluding carboxylic acids is 2. The van der Waals surface area contributed by atoms with Crippen LogP contribution in [0.25, 0.3) is 5.69 Å². The Kier molecular flexibility index (Phi) is 4.33. The molecule has 1 N–H and O–H groups in total. The van der Waals surface area contributed by atoms with E-state index in [1.807, 2.05) is 0 Å². The van der Waals surface area contributed by atoms with E-state index in [0.29, 0.717) is 29.9 Å². The summed E-state index contributed by atoms with van der Waals surface area (Å²) < 4.78 is 14.7. The first-order chi connectivity index (χ1) is 11.5. The van der Waals surface area contributed by atoms with E-state index in [1.54, 1.807) is 35.7 Å².